The summed E-state index contributed by atoms with van der Waals surface area (Å²) in [6.07, 6.45) is 0. The highest BCUT2D eigenvalue weighted by atomic mass is 35.5. The minimum atomic E-state index is -1.01. The highest BCUT2D eigenvalue weighted by Crippen LogP contribution is 2.43. The lowest BCUT2D eigenvalue weighted by atomic mass is 10.0. The predicted octanol–water partition coefficient (Wildman–Crippen LogP) is 5.67. The fourth-order valence-corrected chi connectivity index (χ4v) is 2.63. The first-order valence-corrected chi connectivity index (χ1v) is 6.59. The van der Waals surface area contributed by atoms with Crippen molar-refractivity contribution in [3.8, 4) is 11.1 Å². The van der Waals surface area contributed by atoms with Crippen LogP contribution in [-0.2, 0) is 0 Å². The summed E-state index contributed by atoms with van der Waals surface area (Å²) in [4.78, 5) is 10.8. The summed E-state index contributed by atoms with van der Waals surface area (Å²) in [7, 11) is 0. The molecule has 2 nitrogen and oxygen atoms in total. The van der Waals surface area contributed by atoms with Gasteiger partial charge >= 0.3 is 5.97 Å². The Morgan fingerprint density at radius 3 is 1.79 bits per heavy atom. The molecule has 0 bridgehead atoms. The van der Waals surface area contributed by atoms with E-state index in [1.165, 1.54) is 18.2 Å². The van der Waals surface area contributed by atoms with Gasteiger partial charge in [-0.2, -0.15) is 0 Å². The second-order valence-electron chi connectivity index (χ2n) is 3.73. The summed E-state index contributed by atoms with van der Waals surface area (Å²) in [5.74, 6) is -1.01. The zero-order valence-corrected chi connectivity index (χ0v) is 12.3. The van der Waals surface area contributed by atoms with E-state index in [9.17, 15) is 4.79 Å². The number of hydrogen-bond acceptors (Lipinski definition) is 1. The Hall–Kier alpha value is -0.930. The summed E-state index contributed by atoms with van der Waals surface area (Å²) in [6.45, 7) is 0. The van der Waals surface area contributed by atoms with Gasteiger partial charge in [0.2, 0.25) is 0 Å². The number of halogens is 4. The second kappa shape index (κ2) is 5.59. The standard InChI is InChI=1S/C13H6Cl4O2/c14-8-5-9(15)12(17)10(11(8)16)6-1-3-7(4-2-6)13(18)19/h1-5H,(H,18,19). The molecule has 0 atom stereocenters. The van der Waals surface area contributed by atoms with Crippen molar-refractivity contribution in [3.63, 3.8) is 0 Å². The largest absolute Gasteiger partial charge is 0.478 e. The first kappa shape index (κ1) is 14.5. The Labute approximate surface area is 129 Å². The minimum Gasteiger partial charge on any atom is -0.478 e. The summed E-state index contributed by atoms with van der Waals surface area (Å²) in [5.41, 5.74) is 1.30. The molecular weight excluding hydrogens is 330 g/mol. The van der Waals surface area contributed by atoms with Crippen LogP contribution in [0.5, 0.6) is 0 Å². The van der Waals surface area contributed by atoms with Crippen molar-refractivity contribution in [1.29, 1.82) is 0 Å². The molecule has 0 heterocycles. The van der Waals surface area contributed by atoms with Gasteiger partial charge < -0.3 is 5.11 Å². The molecule has 0 unspecified atom stereocenters. The van der Waals surface area contributed by atoms with Crippen molar-refractivity contribution in [3.05, 3.63) is 56.0 Å². The topological polar surface area (TPSA) is 37.3 Å². The molecule has 19 heavy (non-hydrogen) atoms. The second-order valence-corrected chi connectivity index (χ2v) is 5.30. The summed E-state index contributed by atoms with van der Waals surface area (Å²) >= 11 is 24.1. The van der Waals surface area contributed by atoms with E-state index in [0.29, 0.717) is 11.1 Å². The van der Waals surface area contributed by atoms with Crippen LogP contribution in [0.15, 0.2) is 30.3 Å². The van der Waals surface area contributed by atoms with Gasteiger partial charge in [-0.1, -0.05) is 58.5 Å². The first-order chi connectivity index (χ1) is 8.91. The molecule has 0 aliphatic rings. The molecular formula is C13H6Cl4O2. The number of benzene rings is 2. The molecule has 0 spiro atoms. The van der Waals surface area contributed by atoms with Gasteiger partial charge in [-0.25, -0.2) is 4.79 Å². The third-order valence-electron chi connectivity index (χ3n) is 2.53. The number of carboxylic acids is 1. The van der Waals surface area contributed by atoms with Gasteiger partial charge in [0, 0.05) is 5.56 Å². The number of carbonyl (C=O) groups is 1. The maximum Gasteiger partial charge on any atom is 0.335 e. The van der Waals surface area contributed by atoms with Gasteiger partial charge in [-0.15, -0.1) is 0 Å². The van der Waals surface area contributed by atoms with Crippen LogP contribution in [0.2, 0.25) is 20.1 Å². The predicted molar refractivity (Wildman–Crippen MR) is 78.9 cm³/mol. The lowest BCUT2D eigenvalue weighted by molar-refractivity contribution is 0.0697. The third kappa shape index (κ3) is 2.82. The van der Waals surface area contributed by atoms with Crippen molar-refractivity contribution in [2.45, 2.75) is 0 Å². The van der Waals surface area contributed by atoms with Crippen molar-refractivity contribution in [2.75, 3.05) is 0 Å². The van der Waals surface area contributed by atoms with E-state index in [0.717, 1.165) is 0 Å². The maximum atomic E-state index is 10.8. The van der Waals surface area contributed by atoms with Crippen molar-refractivity contribution >= 4 is 52.4 Å². The average molecular weight is 336 g/mol. The van der Waals surface area contributed by atoms with Crippen molar-refractivity contribution < 1.29 is 9.90 Å². The molecule has 0 saturated carbocycles. The van der Waals surface area contributed by atoms with Gasteiger partial charge in [0.05, 0.1) is 25.7 Å². The van der Waals surface area contributed by atoms with E-state index < -0.39 is 5.97 Å². The smallest absolute Gasteiger partial charge is 0.335 e. The van der Waals surface area contributed by atoms with Crippen LogP contribution in [-0.4, -0.2) is 11.1 Å². The number of carboxylic acid groups (broad SMARTS) is 1. The van der Waals surface area contributed by atoms with E-state index >= 15 is 0 Å². The van der Waals surface area contributed by atoms with Crippen molar-refractivity contribution in [2.24, 2.45) is 0 Å². The fourth-order valence-electron chi connectivity index (χ4n) is 1.61. The minimum absolute atomic E-state index is 0.170. The van der Waals surface area contributed by atoms with Crippen LogP contribution in [0, 0.1) is 0 Å². The van der Waals surface area contributed by atoms with Gasteiger partial charge in [0.25, 0.3) is 0 Å². The van der Waals surface area contributed by atoms with Gasteiger partial charge in [-0.3, -0.25) is 0 Å². The van der Waals surface area contributed by atoms with Crippen LogP contribution < -0.4 is 0 Å². The molecule has 2 rings (SSSR count). The Morgan fingerprint density at radius 2 is 1.37 bits per heavy atom. The Kier molecular flexibility index (Phi) is 4.26. The van der Waals surface area contributed by atoms with E-state index in [4.69, 9.17) is 51.5 Å². The number of hydrogen-bond donors (Lipinski definition) is 1. The zero-order chi connectivity index (χ0) is 14.2. The first-order valence-electron chi connectivity index (χ1n) is 5.08. The van der Waals surface area contributed by atoms with E-state index in [-0.39, 0.29) is 25.7 Å². The molecule has 0 aliphatic carbocycles. The summed E-state index contributed by atoms with van der Waals surface area (Å²) in [6, 6.07) is 7.58. The molecule has 0 fully saturated rings. The Morgan fingerprint density at radius 1 is 0.895 bits per heavy atom. The van der Waals surface area contributed by atoms with Crippen LogP contribution in [0.3, 0.4) is 0 Å². The molecule has 98 valence electrons. The molecule has 1 N–H and O–H groups in total. The lowest BCUT2D eigenvalue weighted by Crippen LogP contribution is -1.95. The van der Waals surface area contributed by atoms with Gasteiger partial charge in [0.15, 0.2) is 0 Å². The molecule has 0 aromatic heterocycles. The Balaban J connectivity index is 2.62. The van der Waals surface area contributed by atoms with E-state index in [1.54, 1.807) is 12.1 Å². The Bertz CT molecular complexity index is 624. The number of aromatic carboxylic acids is 1. The molecule has 0 saturated heterocycles. The molecule has 0 aliphatic heterocycles. The van der Waals surface area contributed by atoms with Crippen molar-refractivity contribution in [1.82, 2.24) is 0 Å². The normalized spacial score (nSPS) is 10.5. The van der Waals surface area contributed by atoms with Crippen LogP contribution in [0.25, 0.3) is 11.1 Å². The van der Waals surface area contributed by atoms with E-state index in [1.807, 2.05) is 0 Å². The van der Waals surface area contributed by atoms with Crippen LogP contribution >= 0.6 is 46.4 Å². The maximum absolute atomic E-state index is 10.8. The summed E-state index contributed by atoms with van der Waals surface area (Å²) < 4.78 is 0. The number of rotatable bonds is 2. The highest BCUT2D eigenvalue weighted by Gasteiger charge is 2.16. The van der Waals surface area contributed by atoms with Gasteiger partial charge in [-0.05, 0) is 23.8 Å². The monoisotopic (exact) mass is 334 g/mol. The molecule has 0 amide bonds. The zero-order valence-electron chi connectivity index (χ0n) is 9.25. The summed E-state index contributed by atoms with van der Waals surface area (Å²) in [5, 5.41) is 9.97. The SMILES string of the molecule is O=C(O)c1ccc(-c2c(Cl)c(Cl)cc(Cl)c2Cl)cc1. The lowest BCUT2D eigenvalue weighted by Gasteiger charge is -2.10. The highest BCUT2D eigenvalue weighted by molar-refractivity contribution is 6.50. The van der Waals surface area contributed by atoms with Gasteiger partial charge in [0.1, 0.15) is 0 Å². The average Bonchev–Trinajstić information content (AvgIpc) is 2.37. The van der Waals surface area contributed by atoms with Crippen LogP contribution in [0.4, 0.5) is 0 Å². The molecule has 2 aromatic carbocycles. The molecule has 6 heteroatoms. The fraction of sp³-hybridized carbons (Fsp3) is 0. The molecule has 0 radical (unpaired) electrons. The third-order valence-corrected chi connectivity index (χ3v) is 4.11. The van der Waals surface area contributed by atoms with E-state index in [2.05, 4.69) is 0 Å². The molecule has 2 aromatic rings. The van der Waals surface area contributed by atoms with Crippen LogP contribution in [0.1, 0.15) is 10.4 Å². The quantitative estimate of drug-likeness (QED) is 0.718.